The third-order valence-electron chi connectivity index (χ3n) is 2.74. The van der Waals surface area contributed by atoms with Crippen LogP contribution >= 0.6 is 23.2 Å². The predicted molar refractivity (Wildman–Crippen MR) is 65.3 cm³/mol. The van der Waals surface area contributed by atoms with Gasteiger partial charge in [0.25, 0.3) is 0 Å². The van der Waals surface area contributed by atoms with Gasteiger partial charge in [0.1, 0.15) is 12.1 Å². The Morgan fingerprint density at radius 3 is 3.00 bits per heavy atom. The number of aromatic nitrogens is 1. The van der Waals surface area contributed by atoms with Crippen LogP contribution in [0.25, 0.3) is 0 Å². The van der Waals surface area contributed by atoms with Gasteiger partial charge in [-0.3, -0.25) is 0 Å². The summed E-state index contributed by atoms with van der Waals surface area (Å²) in [5, 5.41) is 1.07. The second-order valence-corrected chi connectivity index (χ2v) is 4.79. The molecule has 0 bridgehead atoms. The van der Waals surface area contributed by atoms with E-state index < -0.39 is 0 Å². The summed E-state index contributed by atoms with van der Waals surface area (Å²) in [4.78, 5) is 17.0. The number of rotatable bonds is 2. The molecule has 1 saturated heterocycles. The number of halogens is 2. The lowest BCUT2D eigenvalue weighted by atomic mass is 10.00. The van der Waals surface area contributed by atoms with E-state index in [2.05, 4.69) is 4.98 Å². The lowest BCUT2D eigenvalue weighted by Crippen LogP contribution is -2.36. The van der Waals surface area contributed by atoms with Crippen molar-refractivity contribution in [3.8, 4) is 0 Å². The van der Waals surface area contributed by atoms with Crippen molar-refractivity contribution < 1.29 is 4.79 Å². The normalized spacial score (nSPS) is 20.9. The Hall–Kier alpha value is -0.800. The van der Waals surface area contributed by atoms with Crippen LogP contribution in [-0.4, -0.2) is 24.4 Å². The van der Waals surface area contributed by atoms with Crippen LogP contribution < -0.4 is 4.90 Å². The molecule has 1 unspecified atom stereocenters. The molecule has 1 aliphatic rings. The fourth-order valence-corrected chi connectivity index (χ4v) is 2.45. The molecule has 0 saturated carbocycles. The zero-order chi connectivity index (χ0) is 11.5. The Morgan fingerprint density at radius 2 is 2.31 bits per heavy atom. The van der Waals surface area contributed by atoms with Gasteiger partial charge >= 0.3 is 0 Å². The van der Waals surface area contributed by atoms with E-state index in [9.17, 15) is 4.79 Å². The molecule has 1 aromatic heterocycles. The molecule has 0 aliphatic carbocycles. The average molecular weight is 259 g/mol. The molecule has 0 aromatic carbocycles. The first-order valence-electron chi connectivity index (χ1n) is 5.22. The lowest BCUT2D eigenvalue weighted by molar-refractivity contribution is -0.111. The molecule has 0 radical (unpaired) electrons. The van der Waals surface area contributed by atoms with Crippen LogP contribution in [0.4, 0.5) is 5.82 Å². The molecule has 1 aromatic rings. The summed E-state index contributed by atoms with van der Waals surface area (Å²) in [5.41, 5.74) is 0. The summed E-state index contributed by atoms with van der Waals surface area (Å²) in [5.74, 6) is 0.805. The minimum atomic E-state index is 0.0855. The number of hydrogen-bond acceptors (Lipinski definition) is 3. The van der Waals surface area contributed by atoms with Gasteiger partial charge in [0.2, 0.25) is 0 Å². The van der Waals surface area contributed by atoms with Gasteiger partial charge in [0, 0.05) is 25.2 Å². The Kier molecular flexibility index (Phi) is 3.66. The van der Waals surface area contributed by atoms with Gasteiger partial charge in [-0.2, -0.15) is 0 Å². The average Bonchev–Trinajstić information content (AvgIpc) is 2.29. The largest absolute Gasteiger partial charge is 0.355 e. The number of hydrogen-bond donors (Lipinski definition) is 0. The number of pyridine rings is 1. The van der Waals surface area contributed by atoms with Crippen molar-refractivity contribution in [3.05, 3.63) is 22.3 Å². The van der Waals surface area contributed by atoms with E-state index in [1.54, 1.807) is 12.3 Å². The van der Waals surface area contributed by atoms with Gasteiger partial charge in [0.05, 0.1) is 10.0 Å². The predicted octanol–water partition coefficient (Wildman–Crippen LogP) is 2.80. The Morgan fingerprint density at radius 1 is 1.50 bits per heavy atom. The van der Waals surface area contributed by atoms with Crippen molar-refractivity contribution in [2.24, 2.45) is 5.92 Å². The molecule has 1 atom stereocenters. The summed E-state index contributed by atoms with van der Waals surface area (Å²) < 4.78 is 0. The highest BCUT2D eigenvalue weighted by Crippen LogP contribution is 2.29. The van der Waals surface area contributed by atoms with Crippen molar-refractivity contribution in [2.45, 2.75) is 12.8 Å². The van der Waals surface area contributed by atoms with Crippen LogP contribution in [-0.2, 0) is 4.79 Å². The minimum Gasteiger partial charge on any atom is -0.355 e. The summed E-state index contributed by atoms with van der Waals surface area (Å²) >= 11 is 11.9. The summed E-state index contributed by atoms with van der Waals surface area (Å²) in [7, 11) is 0. The molecular weight excluding hydrogens is 247 g/mol. The number of piperidine rings is 1. The van der Waals surface area contributed by atoms with E-state index >= 15 is 0 Å². The number of nitrogens with zero attached hydrogens (tertiary/aromatic N) is 2. The van der Waals surface area contributed by atoms with Crippen LogP contribution in [0.5, 0.6) is 0 Å². The van der Waals surface area contributed by atoms with Gasteiger partial charge in [0.15, 0.2) is 0 Å². The molecule has 0 spiro atoms. The number of aldehydes is 1. The first-order chi connectivity index (χ1) is 7.70. The zero-order valence-corrected chi connectivity index (χ0v) is 10.2. The second kappa shape index (κ2) is 5.02. The van der Waals surface area contributed by atoms with Crippen molar-refractivity contribution in [2.75, 3.05) is 18.0 Å². The number of anilines is 1. The van der Waals surface area contributed by atoms with Crippen molar-refractivity contribution >= 4 is 35.3 Å². The highest BCUT2D eigenvalue weighted by Gasteiger charge is 2.21. The first-order valence-corrected chi connectivity index (χ1v) is 5.97. The fourth-order valence-electron chi connectivity index (χ4n) is 1.95. The molecule has 16 heavy (non-hydrogen) atoms. The molecule has 1 fully saturated rings. The SMILES string of the molecule is O=CC1CCCN(c2ncc(Cl)cc2Cl)C1. The maximum atomic E-state index is 10.8. The van der Waals surface area contributed by atoms with E-state index in [0.717, 1.165) is 31.5 Å². The number of carbonyl (C=O) groups is 1. The fraction of sp³-hybridized carbons (Fsp3) is 0.455. The van der Waals surface area contributed by atoms with Crippen LogP contribution in [0.1, 0.15) is 12.8 Å². The van der Waals surface area contributed by atoms with Crippen LogP contribution in [0, 0.1) is 5.92 Å². The molecule has 2 rings (SSSR count). The minimum absolute atomic E-state index is 0.0855. The molecule has 5 heteroatoms. The summed E-state index contributed by atoms with van der Waals surface area (Å²) in [6.45, 7) is 1.58. The third-order valence-corrected chi connectivity index (χ3v) is 3.22. The summed E-state index contributed by atoms with van der Waals surface area (Å²) in [6.07, 6.45) is 4.53. The highest BCUT2D eigenvalue weighted by molar-refractivity contribution is 6.36. The molecular formula is C11H12Cl2N2O. The van der Waals surface area contributed by atoms with Gasteiger partial charge in [-0.15, -0.1) is 0 Å². The van der Waals surface area contributed by atoms with E-state index in [-0.39, 0.29) is 5.92 Å². The maximum Gasteiger partial charge on any atom is 0.147 e. The Labute approximate surface area is 104 Å². The maximum absolute atomic E-state index is 10.8. The van der Waals surface area contributed by atoms with E-state index in [1.165, 1.54) is 0 Å². The van der Waals surface area contributed by atoms with Gasteiger partial charge in [-0.25, -0.2) is 4.98 Å². The Balaban J connectivity index is 2.19. The Bertz CT molecular complexity index is 398. The van der Waals surface area contributed by atoms with Gasteiger partial charge in [-0.1, -0.05) is 23.2 Å². The van der Waals surface area contributed by atoms with Crippen LogP contribution in [0.3, 0.4) is 0 Å². The van der Waals surface area contributed by atoms with Gasteiger partial charge in [-0.05, 0) is 18.9 Å². The molecule has 0 amide bonds. The van der Waals surface area contributed by atoms with Crippen LogP contribution in [0.2, 0.25) is 10.0 Å². The molecule has 0 N–H and O–H groups in total. The quantitative estimate of drug-likeness (QED) is 0.766. The number of carbonyl (C=O) groups excluding carboxylic acids is 1. The molecule has 2 heterocycles. The topological polar surface area (TPSA) is 33.2 Å². The molecule has 3 nitrogen and oxygen atoms in total. The highest BCUT2D eigenvalue weighted by atomic mass is 35.5. The second-order valence-electron chi connectivity index (χ2n) is 3.94. The first kappa shape index (κ1) is 11.7. The molecule has 1 aliphatic heterocycles. The van der Waals surface area contributed by atoms with E-state index in [4.69, 9.17) is 23.2 Å². The monoisotopic (exact) mass is 258 g/mol. The van der Waals surface area contributed by atoms with Gasteiger partial charge < -0.3 is 9.69 Å². The smallest absolute Gasteiger partial charge is 0.147 e. The van der Waals surface area contributed by atoms with Crippen molar-refractivity contribution in [1.29, 1.82) is 0 Å². The van der Waals surface area contributed by atoms with E-state index in [0.29, 0.717) is 16.6 Å². The molecule has 86 valence electrons. The van der Waals surface area contributed by atoms with Crippen molar-refractivity contribution in [3.63, 3.8) is 0 Å². The lowest BCUT2D eigenvalue weighted by Gasteiger charge is -2.31. The van der Waals surface area contributed by atoms with Crippen LogP contribution in [0.15, 0.2) is 12.3 Å². The third kappa shape index (κ3) is 2.47. The van der Waals surface area contributed by atoms with E-state index in [1.807, 2.05) is 4.90 Å². The summed E-state index contributed by atoms with van der Waals surface area (Å²) in [6, 6.07) is 1.68. The zero-order valence-electron chi connectivity index (χ0n) is 8.70. The van der Waals surface area contributed by atoms with Crippen molar-refractivity contribution in [1.82, 2.24) is 4.98 Å². The standard InChI is InChI=1S/C11H12Cl2N2O/c12-9-4-10(13)11(14-5-9)15-3-1-2-8(6-15)7-16/h4-5,7-8H,1-3,6H2.